The van der Waals surface area contributed by atoms with Gasteiger partial charge in [0.05, 0.1) is 29.9 Å². The Bertz CT molecular complexity index is 1100. The van der Waals surface area contributed by atoms with Gasteiger partial charge >= 0.3 is 17.9 Å². The van der Waals surface area contributed by atoms with E-state index in [4.69, 9.17) is 14.6 Å². The first kappa shape index (κ1) is 34.3. The highest BCUT2D eigenvalue weighted by Gasteiger charge is 2.20. The van der Waals surface area contributed by atoms with E-state index in [1.807, 2.05) is 34.6 Å². The van der Waals surface area contributed by atoms with Crippen molar-refractivity contribution < 1.29 is 33.8 Å². The van der Waals surface area contributed by atoms with E-state index in [0.717, 1.165) is 25.0 Å². The number of carboxylic acids is 1. The molecule has 0 spiro atoms. The molecule has 0 heterocycles. The lowest BCUT2D eigenvalue weighted by atomic mass is 9.83. The fourth-order valence-electron chi connectivity index (χ4n) is 3.58. The number of carbonyl (C=O) groups excluding carboxylic acids is 3. The summed E-state index contributed by atoms with van der Waals surface area (Å²) in [5, 5.41) is 8.79. The highest BCUT2D eigenvalue weighted by Crippen LogP contribution is 2.28. The minimum absolute atomic E-state index is 0.0433. The van der Waals surface area contributed by atoms with E-state index in [9.17, 15) is 19.2 Å². The lowest BCUT2D eigenvalue weighted by Gasteiger charge is -2.25. The summed E-state index contributed by atoms with van der Waals surface area (Å²) in [6.45, 7) is 16.6. The molecule has 2 aromatic rings. The van der Waals surface area contributed by atoms with Gasteiger partial charge in [0, 0.05) is 5.56 Å². The quantitative estimate of drug-likeness (QED) is 0.213. The number of esters is 2. The van der Waals surface area contributed by atoms with Crippen LogP contribution in [0.1, 0.15) is 109 Å². The molecule has 0 aromatic heterocycles. The summed E-state index contributed by atoms with van der Waals surface area (Å²) >= 11 is 0. The average molecular weight is 553 g/mol. The molecule has 7 nitrogen and oxygen atoms in total. The second-order valence-corrected chi connectivity index (χ2v) is 11.7. The maximum Gasteiger partial charge on any atom is 0.338 e. The van der Waals surface area contributed by atoms with E-state index in [1.54, 1.807) is 24.3 Å². The molecule has 0 radical (unpaired) electrons. The van der Waals surface area contributed by atoms with Gasteiger partial charge in [-0.2, -0.15) is 0 Å². The lowest BCUT2D eigenvalue weighted by Crippen LogP contribution is -2.19. The highest BCUT2D eigenvalue weighted by atomic mass is 16.5. The van der Waals surface area contributed by atoms with E-state index < -0.39 is 5.97 Å². The third-order valence-electron chi connectivity index (χ3n) is 5.87. The molecule has 40 heavy (non-hydrogen) atoms. The van der Waals surface area contributed by atoms with Gasteiger partial charge in [-0.25, -0.2) is 14.4 Å². The summed E-state index contributed by atoms with van der Waals surface area (Å²) in [4.78, 5) is 44.6. The minimum atomic E-state index is -0.999. The minimum Gasteiger partial charge on any atom is -0.478 e. The summed E-state index contributed by atoms with van der Waals surface area (Å²) in [5.74, 6) is -0.479. The molecule has 1 aliphatic rings. The van der Waals surface area contributed by atoms with E-state index in [1.165, 1.54) is 42.7 Å². The number of aromatic carboxylic acids is 1. The maximum atomic E-state index is 11.9. The number of ether oxygens (including phenoxy) is 2. The van der Waals surface area contributed by atoms with E-state index in [0.29, 0.717) is 35.8 Å². The molecule has 7 heteroatoms. The Kier molecular flexibility index (Phi) is 14.6. The molecular weight excluding hydrogens is 508 g/mol. The molecule has 1 fully saturated rings. The number of hydrogen-bond acceptors (Lipinski definition) is 6. The summed E-state index contributed by atoms with van der Waals surface area (Å²) in [6.07, 6.45) is 5.38. The SMILES string of the molecule is C=C(C)C.CC(C)(C)COC(=O)c1ccc(C=O)cc1.CC1CCC(COC(=O)c2ccc(C(=O)O)cc2)CC1. The van der Waals surface area contributed by atoms with E-state index in [-0.39, 0.29) is 22.9 Å². The van der Waals surface area contributed by atoms with E-state index >= 15 is 0 Å². The Morgan fingerprint density at radius 3 is 1.70 bits per heavy atom. The third kappa shape index (κ3) is 14.4. The van der Waals surface area contributed by atoms with Crippen molar-refractivity contribution in [2.24, 2.45) is 17.3 Å². The van der Waals surface area contributed by atoms with Crippen LogP contribution in [0.25, 0.3) is 0 Å². The van der Waals surface area contributed by atoms with Crippen LogP contribution in [0.4, 0.5) is 0 Å². The van der Waals surface area contributed by atoms with Crippen LogP contribution in [0.5, 0.6) is 0 Å². The van der Waals surface area contributed by atoms with Crippen LogP contribution in [0.2, 0.25) is 0 Å². The Morgan fingerprint density at radius 2 is 1.27 bits per heavy atom. The molecule has 1 saturated carbocycles. The second-order valence-electron chi connectivity index (χ2n) is 11.7. The Morgan fingerprint density at radius 1 is 0.850 bits per heavy atom. The fourth-order valence-corrected chi connectivity index (χ4v) is 3.58. The molecule has 0 bridgehead atoms. The van der Waals surface area contributed by atoms with Crippen LogP contribution in [0, 0.1) is 17.3 Å². The third-order valence-corrected chi connectivity index (χ3v) is 5.87. The Hall–Kier alpha value is -3.74. The highest BCUT2D eigenvalue weighted by molar-refractivity contribution is 5.92. The number of aldehydes is 1. The lowest BCUT2D eigenvalue weighted by molar-refractivity contribution is 0.0365. The van der Waals surface area contributed by atoms with Gasteiger partial charge in [0.15, 0.2) is 0 Å². The average Bonchev–Trinajstić information content (AvgIpc) is 2.91. The molecule has 0 aliphatic heterocycles. The molecule has 1 N–H and O–H groups in total. The smallest absolute Gasteiger partial charge is 0.338 e. The zero-order chi connectivity index (χ0) is 30.3. The molecule has 218 valence electrons. The van der Waals surface area contributed by atoms with Gasteiger partial charge < -0.3 is 14.6 Å². The van der Waals surface area contributed by atoms with Crippen LogP contribution in [0.3, 0.4) is 0 Å². The number of rotatable bonds is 7. The van der Waals surface area contributed by atoms with Crippen LogP contribution in [-0.2, 0) is 9.47 Å². The van der Waals surface area contributed by atoms with Crippen molar-refractivity contribution in [1.29, 1.82) is 0 Å². The molecule has 3 rings (SSSR count). The Balaban J connectivity index is 0.000000360. The standard InChI is InChI=1S/C16H20O4.C13H16O3.C4H8/c1-11-2-4-12(5-3-11)10-20-16(19)14-8-6-13(7-9-14)15(17)18;1-13(2,3)9-16-12(15)11-6-4-10(8-14)5-7-11;1-4(2)3/h6-9,11-12H,2-5,10H2,1H3,(H,17,18);4-8H,9H2,1-3H3;1H2,2-3H3. The van der Waals surface area contributed by atoms with Crippen LogP contribution < -0.4 is 0 Å². The first-order valence-electron chi connectivity index (χ1n) is 13.6. The van der Waals surface area contributed by atoms with Crippen molar-refractivity contribution in [2.75, 3.05) is 13.2 Å². The number of carboxylic acid groups (broad SMARTS) is 1. The number of carbonyl (C=O) groups is 4. The number of benzene rings is 2. The molecular formula is C33H44O7. The molecule has 0 amide bonds. The van der Waals surface area contributed by atoms with Crippen molar-refractivity contribution >= 4 is 24.2 Å². The van der Waals surface area contributed by atoms with Crippen molar-refractivity contribution in [3.05, 3.63) is 82.9 Å². The van der Waals surface area contributed by atoms with Gasteiger partial charge in [-0.1, -0.05) is 58.2 Å². The monoisotopic (exact) mass is 552 g/mol. The van der Waals surface area contributed by atoms with Crippen molar-refractivity contribution in [1.82, 2.24) is 0 Å². The fraction of sp³-hybridized carbons (Fsp3) is 0.455. The zero-order valence-corrected chi connectivity index (χ0v) is 24.7. The van der Waals surface area contributed by atoms with Gasteiger partial charge in [-0.15, -0.1) is 6.58 Å². The summed E-state index contributed by atoms with van der Waals surface area (Å²) in [5.41, 5.74) is 2.71. The first-order valence-corrected chi connectivity index (χ1v) is 13.6. The van der Waals surface area contributed by atoms with Crippen molar-refractivity contribution in [2.45, 2.75) is 67.2 Å². The van der Waals surface area contributed by atoms with Crippen LogP contribution in [0.15, 0.2) is 60.7 Å². The molecule has 1 aliphatic carbocycles. The molecule has 2 aromatic carbocycles. The van der Waals surface area contributed by atoms with Gasteiger partial charge in [0.1, 0.15) is 6.29 Å². The van der Waals surface area contributed by atoms with Crippen molar-refractivity contribution in [3.63, 3.8) is 0 Å². The normalized spacial score (nSPS) is 16.1. The second kappa shape index (κ2) is 17.1. The van der Waals surface area contributed by atoms with Gasteiger partial charge in [-0.3, -0.25) is 4.79 Å². The summed E-state index contributed by atoms with van der Waals surface area (Å²) in [7, 11) is 0. The van der Waals surface area contributed by atoms with Gasteiger partial charge in [0.25, 0.3) is 0 Å². The number of hydrogen-bond donors (Lipinski definition) is 1. The largest absolute Gasteiger partial charge is 0.478 e. The van der Waals surface area contributed by atoms with Crippen LogP contribution in [-0.4, -0.2) is 42.5 Å². The topological polar surface area (TPSA) is 107 Å². The van der Waals surface area contributed by atoms with Crippen molar-refractivity contribution in [3.8, 4) is 0 Å². The maximum absolute atomic E-state index is 11.9. The zero-order valence-electron chi connectivity index (χ0n) is 24.7. The van der Waals surface area contributed by atoms with Crippen LogP contribution >= 0.6 is 0 Å². The number of allylic oxidation sites excluding steroid dienone is 1. The van der Waals surface area contributed by atoms with E-state index in [2.05, 4.69) is 13.5 Å². The molecule has 0 unspecified atom stereocenters. The van der Waals surface area contributed by atoms with Gasteiger partial charge in [-0.05, 0) is 80.3 Å². The summed E-state index contributed by atoms with van der Waals surface area (Å²) in [6, 6.07) is 12.2. The first-order chi connectivity index (χ1) is 18.7. The predicted octanol–water partition coefficient (Wildman–Crippen LogP) is 7.65. The summed E-state index contributed by atoms with van der Waals surface area (Å²) < 4.78 is 10.5. The predicted molar refractivity (Wildman–Crippen MR) is 157 cm³/mol. The molecule has 0 atom stereocenters. The Labute approximate surface area is 238 Å². The molecule has 0 saturated heterocycles. The van der Waals surface area contributed by atoms with Gasteiger partial charge in [0.2, 0.25) is 0 Å².